The van der Waals surface area contributed by atoms with E-state index in [1.165, 1.54) is 38.5 Å². The van der Waals surface area contributed by atoms with Gasteiger partial charge in [-0.1, -0.05) is 38.5 Å². The van der Waals surface area contributed by atoms with Crippen molar-refractivity contribution < 1.29 is 79.7 Å². The molecule has 0 aromatic heterocycles. The minimum Gasteiger partial charge on any atom is -0.616 e. The van der Waals surface area contributed by atoms with Gasteiger partial charge in [-0.2, -0.15) is 11.6 Å². The van der Waals surface area contributed by atoms with E-state index < -0.39 is 17.9 Å². The van der Waals surface area contributed by atoms with Crippen molar-refractivity contribution in [2.75, 3.05) is 6.61 Å². The summed E-state index contributed by atoms with van der Waals surface area (Å²) in [4.78, 5) is 0. The Hall–Kier alpha value is 1.46. The van der Waals surface area contributed by atoms with Gasteiger partial charge in [0.2, 0.25) is 0 Å². The van der Waals surface area contributed by atoms with Crippen LogP contribution in [-0.2, 0) is 28.3 Å². The van der Waals surface area contributed by atoms with E-state index in [1.54, 1.807) is 0 Å². The van der Waals surface area contributed by atoms with Crippen molar-refractivity contribution in [2.45, 2.75) is 120 Å². The Balaban J connectivity index is 0.00000192. The van der Waals surface area contributed by atoms with Gasteiger partial charge < -0.3 is 28.3 Å². The fourth-order valence-corrected chi connectivity index (χ4v) is 5.85. The minimum absolute atomic E-state index is 0. The molecular formula is C20H33BKO6. The zero-order valence-corrected chi connectivity index (χ0v) is 21.1. The molecule has 5 fully saturated rings. The summed E-state index contributed by atoms with van der Waals surface area (Å²) >= 11 is 0. The predicted molar refractivity (Wildman–Crippen MR) is 99.4 cm³/mol. The van der Waals surface area contributed by atoms with Gasteiger partial charge in [0.15, 0.2) is 17.9 Å². The monoisotopic (exact) mass is 419 g/mol. The summed E-state index contributed by atoms with van der Waals surface area (Å²) < 4.78 is 37.3. The number of hydrogen-bond acceptors (Lipinski definition) is 6. The Morgan fingerprint density at radius 2 is 1.46 bits per heavy atom. The van der Waals surface area contributed by atoms with Crippen molar-refractivity contribution in [3.63, 3.8) is 0 Å². The molecule has 5 aliphatic rings. The zero-order valence-electron chi connectivity index (χ0n) is 18.0. The summed E-state index contributed by atoms with van der Waals surface area (Å²) in [5.41, 5.74) is 0. The Labute approximate surface area is 211 Å². The fourth-order valence-electron chi connectivity index (χ4n) is 5.85. The number of fused-ring (bicyclic) bond motifs is 3. The molecule has 0 spiro atoms. The van der Waals surface area contributed by atoms with Gasteiger partial charge in [-0.25, -0.2) is 0 Å². The molecule has 0 aliphatic carbocycles. The first-order chi connectivity index (χ1) is 12.8. The molecule has 0 aromatic carbocycles. The molecule has 2 bridgehead atoms. The van der Waals surface area contributed by atoms with Crippen molar-refractivity contribution in [2.24, 2.45) is 0 Å². The van der Waals surface area contributed by atoms with E-state index in [1.807, 2.05) is 27.7 Å². The second-order valence-electron chi connectivity index (χ2n) is 9.88. The van der Waals surface area contributed by atoms with Gasteiger partial charge in [-0.05, 0) is 27.7 Å². The van der Waals surface area contributed by atoms with Crippen LogP contribution in [0.5, 0.6) is 0 Å². The first-order valence-electron chi connectivity index (χ1n) is 10.8. The van der Waals surface area contributed by atoms with Crippen LogP contribution in [0, 0.1) is 0 Å². The van der Waals surface area contributed by atoms with Crippen LogP contribution in [0.2, 0.25) is 11.6 Å². The van der Waals surface area contributed by atoms with Crippen molar-refractivity contribution in [3.8, 4) is 0 Å². The topological polar surface area (TPSA) is 55.4 Å². The van der Waals surface area contributed by atoms with E-state index in [9.17, 15) is 0 Å². The molecule has 5 saturated heterocycles. The van der Waals surface area contributed by atoms with Crippen LogP contribution in [0.15, 0.2) is 0 Å². The maximum atomic E-state index is 6.85. The van der Waals surface area contributed by atoms with E-state index in [0.29, 0.717) is 25.2 Å². The molecule has 0 amide bonds. The van der Waals surface area contributed by atoms with E-state index in [-0.39, 0.29) is 75.8 Å². The summed E-state index contributed by atoms with van der Waals surface area (Å²) in [5, 5.41) is 0. The molecule has 1 radical (unpaired) electrons. The van der Waals surface area contributed by atoms with Crippen LogP contribution in [0.25, 0.3) is 0 Å². The van der Waals surface area contributed by atoms with Gasteiger partial charge in [0.05, 0.1) is 12.7 Å². The van der Waals surface area contributed by atoms with E-state index in [2.05, 4.69) is 0 Å². The van der Waals surface area contributed by atoms with E-state index in [4.69, 9.17) is 28.3 Å². The van der Waals surface area contributed by atoms with Crippen LogP contribution < -0.4 is 51.4 Å². The number of ether oxygens (including phenoxy) is 5. The molecule has 6 nitrogen and oxygen atoms in total. The molecule has 0 N–H and O–H groups in total. The molecule has 0 saturated carbocycles. The van der Waals surface area contributed by atoms with Crippen LogP contribution in [0.4, 0.5) is 0 Å². The van der Waals surface area contributed by atoms with Gasteiger partial charge in [-0.3, -0.25) is 0 Å². The third-order valence-corrected chi connectivity index (χ3v) is 6.97. The smallest absolute Gasteiger partial charge is 0.616 e. The quantitative estimate of drug-likeness (QED) is 0.622. The first kappa shape index (κ1) is 22.6. The van der Waals surface area contributed by atoms with E-state index >= 15 is 0 Å². The summed E-state index contributed by atoms with van der Waals surface area (Å²) in [6.45, 7) is 8.59. The Morgan fingerprint density at radius 1 is 0.821 bits per heavy atom. The number of hydrogen-bond donors (Lipinski definition) is 0. The summed E-state index contributed by atoms with van der Waals surface area (Å²) in [6, 6.07) is 0. The van der Waals surface area contributed by atoms with Crippen LogP contribution in [0.1, 0.15) is 66.2 Å². The molecule has 8 heteroatoms. The number of rotatable bonds is 3. The van der Waals surface area contributed by atoms with Gasteiger partial charge in [0, 0.05) is 6.92 Å². The normalized spacial score (nSPS) is 46.9. The van der Waals surface area contributed by atoms with Gasteiger partial charge in [-0.15, -0.1) is 0 Å². The van der Waals surface area contributed by atoms with Gasteiger partial charge >= 0.3 is 51.4 Å². The molecular weight excluding hydrogens is 386 g/mol. The zero-order chi connectivity index (χ0) is 18.8. The molecule has 5 heterocycles. The molecule has 5 atom stereocenters. The minimum atomic E-state index is -0.642. The standard InChI is InChI=1S/C20H33BO6.K/c1-19(2)22-11-14(24-19)15-16(17-18(23-15)26-20(3,4)25-17)27-21-12-7-5-8-13(21)10-6-9-12;/h12-18H,5-11H2,1-4H3;/q-1;+1/t12?,13?,14-,15+,16-,17+,18+;/m0./s1. The third kappa shape index (κ3) is 4.35. The Bertz CT molecular complexity index is 553. The molecule has 0 unspecified atom stereocenters. The van der Waals surface area contributed by atoms with Crippen molar-refractivity contribution in [1.82, 2.24) is 0 Å². The Morgan fingerprint density at radius 3 is 2.04 bits per heavy atom. The largest absolute Gasteiger partial charge is 1.00 e. The van der Waals surface area contributed by atoms with Crippen molar-refractivity contribution in [1.29, 1.82) is 0 Å². The van der Waals surface area contributed by atoms with Crippen molar-refractivity contribution >= 4 is 6.92 Å². The maximum Gasteiger partial charge on any atom is 1.00 e. The van der Waals surface area contributed by atoms with Crippen LogP contribution in [0.3, 0.4) is 0 Å². The maximum absolute atomic E-state index is 6.85. The summed E-state index contributed by atoms with van der Waals surface area (Å²) in [5.74, 6) is 0.115. The average Bonchev–Trinajstić information content (AvgIpc) is 3.18. The second kappa shape index (κ2) is 8.43. The van der Waals surface area contributed by atoms with E-state index in [0.717, 1.165) is 0 Å². The molecule has 153 valence electrons. The van der Waals surface area contributed by atoms with Crippen LogP contribution in [-0.4, -0.2) is 55.8 Å². The van der Waals surface area contributed by atoms with Gasteiger partial charge in [0.25, 0.3) is 0 Å². The summed E-state index contributed by atoms with van der Waals surface area (Å²) in [6.07, 6.45) is 6.65. The Kier molecular flexibility index (Phi) is 6.82. The van der Waals surface area contributed by atoms with Crippen molar-refractivity contribution in [3.05, 3.63) is 0 Å². The fraction of sp³-hybridized carbons (Fsp3) is 1.00. The summed E-state index contributed by atoms with van der Waals surface area (Å²) in [7, 11) is 0. The molecule has 28 heavy (non-hydrogen) atoms. The third-order valence-electron chi connectivity index (χ3n) is 6.97. The van der Waals surface area contributed by atoms with Gasteiger partial charge in [0.1, 0.15) is 18.3 Å². The SMILES string of the molecule is CC1(C)O[C@H]2O[C@H]([C@@H]3COC(C)(C)O3)[C@H](O[B-]3C4CCCC3CCC4)[C@H]2O1.[K+]. The first-order valence-corrected chi connectivity index (χ1v) is 10.8. The molecule has 5 aliphatic heterocycles. The second-order valence-corrected chi connectivity index (χ2v) is 9.88. The van der Waals surface area contributed by atoms with Crippen LogP contribution >= 0.6 is 0 Å². The molecule has 5 rings (SSSR count). The molecule has 0 aromatic rings. The predicted octanol–water partition coefficient (Wildman–Crippen LogP) is 0.503. The average molecular weight is 419 g/mol.